The monoisotopic (exact) mass is 687 g/mol. The second kappa shape index (κ2) is 15.1. The van der Waals surface area contributed by atoms with Crippen molar-refractivity contribution in [2.24, 2.45) is 5.41 Å². The molecule has 15 nitrogen and oxygen atoms in total. The molecule has 2 heterocycles. The summed E-state index contributed by atoms with van der Waals surface area (Å²) < 4.78 is 53.4. The summed E-state index contributed by atoms with van der Waals surface area (Å²) in [4.78, 5) is 56.2. The minimum Gasteiger partial charge on any atom is -0.480 e. The zero-order chi connectivity index (χ0) is 34.3. The molecule has 1 saturated heterocycles. The second-order valence-corrected chi connectivity index (χ2v) is 17.8. The molecule has 3 rings (SSSR count). The number of pyridine rings is 1. The highest BCUT2D eigenvalue weighted by molar-refractivity contribution is 8.09. The molecule has 258 valence electrons. The molecule has 0 spiro atoms. The molecule has 1 saturated carbocycles. The molecule has 1 aliphatic heterocycles. The van der Waals surface area contributed by atoms with Gasteiger partial charge in [-0.2, -0.15) is 0 Å². The van der Waals surface area contributed by atoms with Gasteiger partial charge in [0.15, 0.2) is 23.8 Å². The van der Waals surface area contributed by atoms with Gasteiger partial charge >= 0.3 is 5.97 Å². The van der Waals surface area contributed by atoms with Crippen LogP contribution in [0.15, 0.2) is 24.4 Å². The lowest BCUT2D eigenvalue weighted by Crippen LogP contribution is -2.53. The molecular weight excluding hydrogens is 642 g/mol. The molecule has 17 heteroatoms. The number of sulfone groups is 2. The number of carboxylic acids is 1. The number of carboxylic acid groups (broad SMARTS) is 1. The molecule has 3 atom stereocenters. The van der Waals surface area contributed by atoms with Crippen LogP contribution in [0, 0.1) is 5.41 Å². The first-order chi connectivity index (χ1) is 21.4. The Morgan fingerprint density at radius 1 is 1.11 bits per heavy atom. The summed E-state index contributed by atoms with van der Waals surface area (Å²) in [5, 5.41) is 17.7. The quantitative estimate of drug-likeness (QED) is 0.196. The van der Waals surface area contributed by atoms with Gasteiger partial charge in [0.2, 0.25) is 17.7 Å². The average Bonchev–Trinajstić information content (AvgIpc) is 3.40. The van der Waals surface area contributed by atoms with Crippen molar-refractivity contribution in [2.75, 3.05) is 44.1 Å². The summed E-state index contributed by atoms with van der Waals surface area (Å²) in [6, 6.07) is 3.31. The zero-order valence-corrected chi connectivity index (χ0v) is 28.3. The van der Waals surface area contributed by atoms with Gasteiger partial charge < -0.3 is 30.7 Å². The summed E-state index contributed by atoms with van der Waals surface area (Å²) in [7, 11) is -8.41. The van der Waals surface area contributed by atoms with Crippen molar-refractivity contribution in [3.63, 3.8) is 0 Å². The van der Waals surface area contributed by atoms with E-state index in [4.69, 9.17) is 4.74 Å². The van der Waals surface area contributed by atoms with Crippen LogP contribution in [-0.4, -0.2) is 117 Å². The fourth-order valence-electron chi connectivity index (χ4n) is 5.65. The predicted molar refractivity (Wildman–Crippen MR) is 169 cm³/mol. The van der Waals surface area contributed by atoms with Crippen LogP contribution >= 0.6 is 0 Å². The van der Waals surface area contributed by atoms with E-state index in [1.165, 1.54) is 4.90 Å². The first-order valence-electron chi connectivity index (χ1n) is 15.1. The molecule has 0 aromatic carbocycles. The van der Waals surface area contributed by atoms with Gasteiger partial charge in [-0.3, -0.25) is 14.4 Å². The number of ether oxygens (including phenoxy) is 1. The Morgan fingerprint density at radius 2 is 1.76 bits per heavy atom. The van der Waals surface area contributed by atoms with Crippen molar-refractivity contribution >= 4 is 49.2 Å². The highest BCUT2D eigenvalue weighted by atomic mass is 32.3. The molecular formula is C29H45N5O10S2. The molecule has 2 fully saturated rings. The third-order valence-electron chi connectivity index (χ3n) is 8.98. The van der Waals surface area contributed by atoms with Gasteiger partial charge in [-0.25, -0.2) is 26.6 Å². The Morgan fingerprint density at radius 3 is 2.33 bits per heavy atom. The van der Waals surface area contributed by atoms with Crippen molar-refractivity contribution in [1.82, 2.24) is 20.5 Å². The van der Waals surface area contributed by atoms with Crippen LogP contribution in [0.1, 0.15) is 58.8 Å². The van der Waals surface area contributed by atoms with E-state index in [9.17, 15) is 41.1 Å². The Balaban J connectivity index is 1.63. The Bertz CT molecular complexity index is 1450. The van der Waals surface area contributed by atoms with E-state index in [2.05, 4.69) is 20.9 Å². The Hall–Kier alpha value is -3.31. The number of hydrogen-bond acceptors (Lipinski definition) is 11. The predicted octanol–water partition coefficient (Wildman–Crippen LogP) is 0.331. The van der Waals surface area contributed by atoms with Gasteiger partial charge in [-0.15, -0.1) is 0 Å². The Labute approximate surface area is 270 Å². The molecule has 1 aliphatic carbocycles. The highest BCUT2D eigenvalue weighted by Gasteiger charge is 2.49. The Kier molecular flexibility index (Phi) is 12.2. The maximum Gasteiger partial charge on any atom is 0.328 e. The topological polar surface area (TPSA) is 218 Å². The van der Waals surface area contributed by atoms with E-state index in [0.29, 0.717) is 18.7 Å². The third-order valence-corrected chi connectivity index (χ3v) is 14.2. The molecule has 1 aromatic rings. The van der Waals surface area contributed by atoms with Crippen LogP contribution in [-0.2, 0) is 43.6 Å². The largest absolute Gasteiger partial charge is 0.480 e. The van der Waals surface area contributed by atoms with Crippen LogP contribution in [0.3, 0.4) is 0 Å². The van der Waals surface area contributed by atoms with Crippen LogP contribution < -0.4 is 16.0 Å². The minimum absolute atomic E-state index is 0.0450. The summed E-state index contributed by atoms with van der Waals surface area (Å²) in [6.07, 6.45) is 5.98. The number of aromatic nitrogens is 1. The number of carbonyl (C=O) groups is 4. The van der Waals surface area contributed by atoms with Gasteiger partial charge in [0.1, 0.15) is 18.5 Å². The fourth-order valence-corrected chi connectivity index (χ4v) is 8.62. The van der Waals surface area contributed by atoms with E-state index in [-0.39, 0.29) is 32.0 Å². The molecule has 2 aliphatic rings. The second-order valence-electron chi connectivity index (χ2n) is 12.6. The lowest BCUT2D eigenvalue weighted by atomic mass is 9.75. The molecule has 46 heavy (non-hydrogen) atoms. The average molecular weight is 688 g/mol. The number of anilines is 1. The summed E-state index contributed by atoms with van der Waals surface area (Å²) in [6.45, 7) is 2.12. The van der Waals surface area contributed by atoms with Crippen molar-refractivity contribution in [1.29, 1.82) is 0 Å². The van der Waals surface area contributed by atoms with Crippen molar-refractivity contribution in [3.8, 4) is 0 Å². The SMILES string of the molecule is CC1(C(=O)NC(CNC(=O)COC2CC(CNc3ccccn3)N(C(=O)CC(C)(S(C)(=O)=O)S(C)(=O)=O)C2)C(=O)O)CCCCC1. The van der Waals surface area contributed by atoms with Crippen molar-refractivity contribution in [3.05, 3.63) is 24.4 Å². The number of rotatable bonds is 15. The van der Waals surface area contributed by atoms with E-state index in [1.54, 1.807) is 24.4 Å². The minimum atomic E-state index is -4.21. The van der Waals surface area contributed by atoms with E-state index in [0.717, 1.165) is 38.7 Å². The number of hydrogen-bond donors (Lipinski definition) is 4. The smallest absolute Gasteiger partial charge is 0.328 e. The summed E-state index contributed by atoms with van der Waals surface area (Å²) in [5.41, 5.74) is -0.660. The maximum absolute atomic E-state index is 13.5. The molecule has 0 radical (unpaired) electrons. The van der Waals surface area contributed by atoms with Gasteiger partial charge in [0, 0.05) is 43.8 Å². The standard InChI is InChI=1S/C29H45N5O10S2/c1-28(11-7-5-8-12-28)27(39)33-22(26(37)38)17-32-24(35)19-44-21-14-20(16-31-23-10-6-9-13-30-23)34(18-21)25(36)15-29(2,45(3,40)41)46(4,42)43/h6,9-10,13,20-22H,5,7-8,11-12,14-19H2,1-4H3,(H,30,31)(H,32,35)(H,33,39)(H,37,38). The molecule has 0 bridgehead atoms. The highest BCUT2D eigenvalue weighted by Crippen LogP contribution is 2.36. The van der Waals surface area contributed by atoms with E-state index >= 15 is 0 Å². The summed E-state index contributed by atoms with van der Waals surface area (Å²) >= 11 is 0. The first-order valence-corrected chi connectivity index (χ1v) is 18.9. The van der Waals surface area contributed by atoms with Crippen molar-refractivity contribution in [2.45, 2.75) is 81.1 Å². The van der Waals surface area contributed by atoms with Gasteiger partial charge in [0.05, 0.1) is 18.6 Å². The van der Waals surface area contributed by atoms with E-state index < -0.39 is 78.2 Å². The molecule has 3 unspecified atom stereocenters. The zero-order valence-electron chi connectivity index (χ0n) is 26.7. The number of aliphatic carboxylic acids is 1. The van der Waals surface area contributed by atoms with Gasteiger partial charge in [0.25, 0.3) is 0 Å². The first kappa shape index (κ1) is 37.2. The number of likely N-dealkylation sites (tertiary alicyclic amines) is 1. The van der Waals surface area contributed by atoms with Crippen LogP contribution in [0.4, 0.5) is 5.82 Å². The number of nitrogens with one attached hydrogen (secondary N) is 3. The molecule has 1 aromatic heterocycles. The van der Waals surface area contributed by atoms with Crippen molar-refractivity contribution < 1.29 is 45.9 Å². The molecule has 4 N–H and O–H groups in total. The number of carbonyl (C=O) groups excluding carboxylic acids is 3. The number of amides is 3. The van der Waals surface area contributed by atoms with E-state index in [1.807, 2.05) is 6.92 Å². The van der Waals surface area contributed by atoms with Crippen LogP contribution in [0.25, 0.3) is 0 Å². The van der Waals surface area contributed by atoms with Gasteiger partial charge in [-0.05, 0) is 38.3 Å². The lowest BCUT2D eigenvalue weighted by molar-refractivity contribution is -0.144. The van der Waals surface area contributed by atoms with Crippen LogP contribution in [0.5, 0.6) is 0 Å². The van der Waals surface area contributed by atoms with Crippen LogP contribution in [0.2, 0.25) is 0 Å². The fraction of sp³-hybridized carbons (Fsp3) is 0.690. The van der Waals surface area contributed by atoms with Gasteiger partial charge in [-0.1, -0.05) is 32.3 Å². The summed E-state index contributed by atoms with van der Waals surface area (Å²) in [5.74, 6) is -2.49. The lowest BCUT2D eigenvalue weighted by Gasteiger charge is -2.33. The maximum atomic E-state index is 13.5. The molecule has 3 amide bonds. The third kappa shape index (κ3) is 9.37. The normalized spacial score (nSPS) is 20.8. The number of nitrogens with zero attached hydrogens (tertiary/aromatic N) is 2.